The van der Waals surface area contributed by atoms with Crippen LogP contribution in [0.25, 0.3) is 0 Å². The van der Waals surface area contributed by atoms with Crippen LogP contribution >= 0.6 is 0 Å². The highest BCUT2D eigenvalue weighted by Gasteiger charge is 2.29. The van der Waals surface area contributed by atoms with Gasteiger partial charge in [0.25, 0.3) is 6.47 Å². The number of carbonyl (C=O) groups is 3. The molecule has 23 heavy (non-hydrogen) atoms. The molecule has 9 heteroatoms. The average molecular weight is 338 g/mol. The minimum Gasteiger partial charge on any atom is -0.483 e. The molecule has 0 unspecified atom stereocenters. The second-order valence-electron chi connectivity index (χ2n) is 5.62. The van der Waals surface area contributed by atoms with Gasteiger partial charge in [0, 0.05) is 5.41 Å². The summed E-state index contributed by atoms with van der Waals surface area (Å²) in [5.74, 6) is -1.22. The standard InChI is InChI=1S/C5H12O3.2C4H6O2.CH2O2/c1-5(2-6,3-7)4-8;2*5-4(6)3-1-2-3;2-1-3/h6-8H,2-4H2,1H3;2*3H,1-2H2,(H,5,6);1H,(H,2,3). The first-order valence-corrected chi connectivity index (χ1v) is 7.07. The monoisotopic (exact) mass is 338 g/mol. The highest BCUT2D eigenvalue weighted by molar-refractivity contribution is 5.72. The van der Waals surface area contributed by atoms with Crippen molar-refractivity contribution in [2.45, 2.75) is 32.6 Å². The van der Waals surface area contributed by atoms with Gasteiger partial charge >= 0.3 is 11.9 Å². The van der Waals surface area contributed by atoms with Gasteiger partial charge in [0.1, 0.15) is 0 Å². The summed E-state index contributed by atoms with van der Waals surface area (Å²) >= 11 is 0. The summed E-state index contributed by atoms with van der Waals surface area (Å²) in [5.41, 5.74) is -0.708. The van der Waals surface area contributed by atoms with Crippen LogP contribution in [0.1, 0.15) is 32.6 Å². The largest absolute Gasteiger partial charge is 0.483 e. The zero-order valence-corrected chi connectivity index (χ0v) is 13.1. The second-order valence-corrected chi connectivity index (χ2v) is 5.62. The summed E-state index contributed by atoms with van der Waals surface area (Å²) in [5, 5.41) is 48.4. The lowest BCUT2D eigenvalue weighted by Crippen LogP contribution is -2.29. The van der Waals surface area contributed by atoms with Crippen LogP contribution in [0, 0.1) is 17.3 Å². The molecule has 2 aliphatic rings. The number of aliphatic hydroxyl groups is 3. The summed E-state index contributed by atoms with van der Waals surface area (Å²) in [6, 6.07) is 0. The summed E-state index contributed by atoms with van der Waals surface area (Å²) in [4.78, 5) is 27.9. The Hall–Kier alpha value is -1.71. The highest BCUT2D eigenvalue weighted by atomic mass is 16.4. The predicted molar refractivity (Wildman–Crippen MR) is 78.8 cm³/mol. The van der Waals surface area contributed by atoms with Crippen LogP contribution in [-0.2, 0) is 14.4 Å². The molecule has 0 spiro atoms. The number of aliphatic carboxylic acids is 2. The van der Waals surface area contributed by atoms with Crippen molar-refractivity contribution in [2.75, 3.05) is 19.8 Å². The van der Waals surface area contributed by atoms with E-state index in [1.54, 1.807) is 6.92 Å². The van der Waals surface area contributed by atoms with Gasteiger partial charge in [-0.1, -0.05) is 6.92 Å². The van der Waals surface area contributed by atoms with Gasteiger partial charge in [-0.05, 0) is 25.7 Å². The van der Waals surface area contributed by atoms with Crippen molar-refractivity contribution >= 4 is 18.4 Å². The maximum Gasteiger partial charge on any atom is 0.306 e. The average Bonchev–Trinajstić information content (AvgIpc) is 3.39. The Kier molecular flexibility index (Phi) is 13.1. The number of rotatable bonds is 5. The second kappa shape index (κ2) is 12.8. The number of hydrogen-bond donors (Lipinski definition) is 6. The Morgan fingerprint density at radius 2 is 1.13 bits per heavy atom. The molecule has 9 nitrogen and oxygen atoms in total. The molecule has 0 amide bonds. The highest BCUT2D eigenvalue weighted by Crippen LogP contribution is 2.28. The fourth-order valence-electron chi connectivity index (χ4n) is 0.811. The minimum absolute atomic E-state index is 0.0185. The quantitative estimate of drug-likeness (QED) is 0.366. The molecule has 0 radical (unpaired) electrons. The van der Waals surface area contributed by atoms with Gasteiger partial charge in [0.2, 0.25) is 0 Å². The van der Waals surface area contributed by atoms with E-state index in [9.17, 15) is 9.59 Å². The summed E-state index contributed by atoms with van der Waals surface area (Å²) in [6.45, 7) is 0.812. The first kappa shape index (κ1) is 23.6. The van der Waals surface area contributed by atoms with Crippen LogP contribution in [0.15, 0.2) is 0 Å². The Morgan fingerprint density at radius 1 is 0.913 bits per heavy atom. The number of hydrogen-bond acceptors (Lipinski definition) is 6. The van der Waals surface area contributed by atoms with E-state index >= 15 is 0 Å². The molecule has 0 aliphatic heterocycles. The first-order chi connectivity index (χ1) is 10.7. The molecular formula is C14H26O9. The van der Waals surface area contributed by atoms with Crippen molar-refractivity contribution in [2.24, 2.45) is 17.3 Å². The van der Waals surface area contributed by atoms with Gasteiger partial charge in [0.05, 0.1) is 31.7 Å². The molecule has 6 N–H and O–H groups in total. The zero-order valence-electron chi connectivity index (χ0n) is 13.1. The van der Waals surface area contributed by atoms with E-state index in [-0.39, 0.29) is 38.1 Å². The SMILES string of the molecule is CC(CO)(CO)CO.O=C(O)C1CC1.O=C(O)C1CC1.O=CO. The molecule has 136 valence electrons. The van der Waals surface area contributed by atoms with E-state index in [4.69, 9.17) is 35.4 Å². The normalized spacial score (nSPS) is 15.5. The van der Waals surface area contributed by atoms with Crippen molar-refractivity contribution in [1.29, 1.82) is 0 Å². The smallest absolute Gasteiger partial charge is 0.306 e. The van der Waals surface area contributed by atoms with E-state index in [1.165, 1.54) is 0 Å². The lowest BCUT2D eigenvalue weighted by atomic mass is 9.95. The van der Waals surface area contributed by atoms with Crippen LogP contribution in [0.2, 0.25) is 0 Å². The van der Waals surface area contributed by atoms with Gasteiger partial charge in [-0.25, -0.2) is 0 Å². The van der Waals surface area contributed by atoms with Crippen LogP contribution in [0.3, 0.4) is 0 Å². The molecular weight excluding hydrogens is 312 g/mol. The Balaban J connectivity index is 0. The zero-order chi connectivity index (χ0) is 18.5. The molecule has 0 saturated heterocycles. The first-order valence-electron chi connectivity index (χ1n) is 7.07. The fourth-order valence-corrected chi connectivity index (χ4v) is 0.811. The fraction of sp³-hybridized carbons (Fsp3) is 0.786. The maximum absolute atomic E-state index is 9.76. The van der Waals surface area contributed by atoms with Gasteiger partial charge in [-0.2, -0.15) is 0 Å². The lowest BCUT2D eigenvalue weighted by molar-refractivity contribution is -0.139. The third-order valence-corrected chi connectivity index (χ3v) is 3.00. The predicted octanol–water partition coefficient (Wildman–Crippen LogP) is -0.368. The van der Waals surface area contributed by atoms with Crippen molar-refractivity contribution in [3.63, 3.8) is 0 Å². The Morgan fingerprint density at radius 3 is 1.13 bits per heavy atom. The topological polar surface area (TPSA) is 173 Å². The maximum atomic E-state index is 9.76. The molecule has 2 fully saturated rings. The molecule has 2 aliphatic carbocycles. The van der Waals surface area contributed by atoms with E-state index in [0.717, 1.165) is 25.7 Å². The Labute approximate surface area is 134 Å². The molecule has 0 aromatic rings. The van der Waals surface area contributed by atoms with E-state index < -0.39 is 17.4 Å². The third-order valence-electron chi connectivity index (χ3n) is 3.00. The van der Waals surface area contributed by atoms with E-state index in [2.05, 4.69) is 0 Å². The van der Waals surface area contributed by atoms with Gasteiger partial charge in [0.15, 0.2) is 0 Å². The van der Waals surface area contributed by atoms with Crippen molar-refractivity contribution in [3.05, 3.63) is 0 Å². The molecule has 2 rings (SSSR count). The van der Waals surface area contributed by atoms with Gasteiger partial charge < -0.3 is 30.6 Å². The van der Waals surface area contributed by atoms with E-state index in [0.29, 0.717) is 0 Å². The molecule has 0 heterocycles. The lowest BCUT2D eigenvalue weighted by Gasteiger charge is -2.20. The summed E-state index contributed by atoms with van der Waals surface area (Å²) in [7, 11) is 0. The van der Waals surface area contributed by atoms with Crippen molar-refractivity contribution in [1.82, 2.24) is 0 Å². The number of carboxylic acids is 2. The third kappa shape index (κ3) is 15.0. The molecule has 2 saturated carbocycles. The minimum atomic E-state index is -0.708. The van der Waals surface area contributed by atoms with Crippen molar-refractivity contribution < 1.29 is 45.0 Å². The number of carboxylic acid groups (broad SMARTS) is 3. The summed E-state index contributed by atoms with van der Waals surface area (Å²) < 4.78 is 0. The molecule has 0 aromatic carbocycles. The Bertz CT molecular complexity index is 314. The van der Waals surface area contributed by atoms with Crippen LogP contribution < -0.4 is 0 Å². The van der Waals surface area contributed by atoms with Crippen molar-refractivity contribution in [3.8, 4) is 0 Å². The number of aliphatic hydroxyl groups excluding tert-OH is 3. The summed E-state index contributed by atoms with van der Waals surface area (Å²) in [6.07, 6.45) is 3.59. The van der Waals surface area contributed by atoms with Crippen LogP contribution in [0.4, 0.5) is 0 Å². The molecule has 0 atom stereocenters. The van der Waals surface area contributed by atoms with Gasteiger partial charge in [-0.3, -0.25) is 14.4 Å². The van der Waals surface area contributed by atoms with Crippen LogP contribution in [0.5, 0.6) is 0 Å². The molecule has 0 aromatic heterocycles. The van der Waals surface area contributed by atoms with Crippen LogP contribution in [-0.4, -0.2) is 68.9 Å². The molecule has 0 bridgehead atoms. The van der Waals surface area contributed by atoms with Gasteiger partial charge in [-0.15, -0.1) is 0 Å². The van der Waals surface area contributed by atoms with E-state index in [1.807, 2.05) is 0 Å².